The van der Waals surface area contributed by atoms with Crippen LogP contribution in [0.2, 0.25) is 0 Å². The normalized spacial score (nSPS) is 12.4. The van der Waals surface area contributed by atoms with Gasteiger partial charge in [0.2, 0.25) is 0 Å². The fourth-order valence-corrected chi connectivity index (χ4v) is 3.06. The number of methoxy groups -OCH3 is 1. The fraction of sp³-hybridized carbons (Fsp3) is 0.350. The summed E-state index contributed by atoms with van der Waals surface area (Å²) in [6.07, 6.45) is 0.714. The van der Waals surface area contributed by atoms with Gasteiger partial charge in [0.1, 0.15) is 11.7 Å². The largest absolute Gasteiger partial charge is 0.452 e. The third-order valence-corrected chi connectivity index (χ3v) is 4.62. The molecule has 0 aliphatic heterocycles. The van der Waals surface area contributed by atoms with Crippen molar-refractivity contribution in [2.75, 3.05) is 7.11 Å². The van der Waals surface area contributed by atoms with Crippen molar-refractivity contribution in [1.29, 1.82) is 0 Å². The molecule has 0 fully saturated rings. The average Bonchev–Trinajstić information content (AvgIpc) is 2.68. The molecule has 0 spiro atoms. The van der Waals surface area contributed by atoms with E-state index in [1.165, 1.54) is 24.3 Å². The predicted octanol–water partition coefficient (Wildman–Crippen LogP) is 4.70. The van der Waals surface area contributed by atoms with Crippen LogP contribution in [0.25, 0.3) is 0 Å². The number of nitro benzene ring substituents is 1. The first-order valence-electron chi connectivity index (χ1n) is 8.53. The van der Waals surface area contributed by atoms with Crippen LogP contribution in [0.5, 0.6) is 0 Å². The maximum absolute atomic E-state index is 12.7. The molecule has 0 saturated heterocycles. The van der Waals surface area contributed by atoms with Gasteiger partial charge in [-0.1, -0.05) is 44.2 Å². The van der Waals surface area contributed by atoms with Crippen molar-refractivity contribution in [3.63, 3.8) is 0 Å². The highest BCUT2D eigenvalue weighted by atomic mass is 16.6. The van der Waals surface area contributed by atoms with E-state index in [2.05, 4.69) is 0 Å². The molecule has 2 aromatic carbocycles. The first-order chi connectivity index (χ1) is 12.5. The second-order valence-electron chi connectivity index (χ2n) is 5.99. The van der Waals surface area contributed by atoms with E-state index in [0.717, 1.165) is 5.56 Å². The number of nitro groups is 1. The Morgan fingerprint density at radius 2 is 1.65 bits per heavy atom. The summed E-state index contributed by atoms with van der Waals surface area (Å²) in [6, 6.07) is 15.0. The van der Waals surface area contributed by atoms with Crippen LogP contribution in [0.1, 0.15) is 48.7 Å². The third kappa shape index (κ3) is 4.08. The number of hydrogen-bond donors (Lipinski definition) is 0. The molecule has 2 rings (SSSR count). The molecule has 138 valence electrons. The highest BCUT2D eigenvalue weighted by Gasteiger charge is 2.41. The highest BCUT2D eigenvalue weighted by molar-refractivity contribution is 5.90. The maximum atomic E-state index is 12.7. The lowest BCUT2D eigenvalue weighted by Crippen LogP contribution is -2.41. The number of nitrogens with zero attached hydrogens (tertiary/aromatic N) is 1. The predicted molar refractivity (Wildman–Crippen MR) is 98.0 cm³/mol. The molecule has 1 atom stereocenters. The minimum atomic E-state index is -0.838. The van der Waals surface area contributed by atoms with Gasteiger partial charge in [0, 0.05) is 19.2 Å². The maximum Gasteiger partial charge on any atom is 0.338 e. The van der Waals surface area contributed by atoms with Gasteiger partial charge < -0.3 is 9.47 Å². The van der Waals surface area contributed by atoms with Gasteiger partial charge >= 0.3 is 5.97 Å². The third-order valence-electron chi connectivity index (χ3n) is 4.62. The molecule has 6 heteroatoms. The van der Waals surface area contributed by atoms with Gasteiger partial charge in [-0.2, -0.15) is 0 Å². The first-order valence-corrected chi connectivity index (χ1v) is 8.53. The highest BCUT2D eigenvalue weighted by Crippen LogP contribution is 2.38. The molecule has 0 aromatic heterocycles. The summed E-state index contributed by atoms with van der Waals surface area (Å²) < 4.78 is 11.6. The molecule has 26 heavy (non-hydrogen) atoms. The summed E-state index contributed by atoms with van der Waals surface area (Å²) in [6.45, 7) is 3.89. The molecule has 0 aliphatic rings. The summed E-state index contributed by atoms with van der Waals surface area (Å²) >= 11 is 0. The van der Waals surface area contributed by atoms with Crippen LogP contribution in [0.4, 0.5) is 5.69 Å². The van der Waals surface area contributed by atoms with Crippen molar-refractivity contribution in [3.8, 4) is 0 Å². The van der Waals surface area contributed by atoms with Crippen LogP contribution in [-0.4, -0.2) is 23.6 Å². The summed E-state index contributed by atoms with van der Waals surface area (Å²) in [5, 5.41) is 10.8. The zero-order valence-electron chi connectivity index (χ0n) is 15.2. The Morgan fingerprint density at radius 1 is 1.08 bits per heavy atom. The standard InChI is InChI=1S/C20H23NO5/c1-4-20(5-2,18(25-3)15-9-7-6-8-10-15)26-19(22)16-11-13-17(14-12-16)21(23)24/h6-14,18H,4-5H2,1-3H3. The van der Waals surface area contributed by atoms with Gasteiger partial charge in [-0.15, -0.1) is 0 Å². The van der Waals surface area contributed by atoms with Crippen LogP contribution in [0, 0.1) is 10.1 Å². The number of carbonyl (C=O) groups is 1. The summed E-state index contributed by atoms with van der Waals surface area (Å²) in [7, 11) is 1.59. The second-order valence-corrected chi connectivity index (χ2v) is 5.99. The SMILES string of the molecule is CCC(CC)(OC(=O)c1ccc([N+](=O)[O-])cc1)C(OC)c1ccccc1. The lowest BCUT2D eigenvalue weighted by molar-refractivity contribution is -0.384. The molecule has 0 aliphatic carbocycles. The van der Waals surface area contributed by atoms with E-state index in [1.807, 2.05) is 44.2 Å². The second kappa shape index (κ2) is 8.58. The molecule has 6 nitrogen and oxygen atoms in total. The van der Waals surface area contributed by atoms with E-state index in [4.69, 9.17) is 9.47 Å². The molecule has 0 bridgehead atoms. The van der Waals surface area contributed by atoms with E-state index < -0.39 is 22.6 Å². The smallest absolute Gasteiger partial charge is 0.338 e. The van der Waals surface area contributed by atoms with Gasteiger partial charge in [0.25, 0.3) is 5.69 Å². The molecule has 0 N–H and O–H groups in total. The van der Waals surface area contributed by atoms with Gasteiger partial charge in [-0.25, -0.2) is 4.79 Å². The molecule has 0 heterocycles. The Bertz CT molecular complexity index is 739. The van der Waals surface area contributed by atoms with E-state index >= 15 is 0 Å². The average molecular weight is 357 g/mol. The molecule has 0 radical (unpaired) electrons. The van der Waals surface area contributed by atoms with Gasteiger partial charge in [-0.05, 0) is 30.5 Å². The number of carbonyl (C=O) groups excluding carboxylic acids is 1. The number of benzene rings is 2. The van der Waals surface area contributed by atoms with Gasteiger partial charge in [0.15, 0.2) is 0 Å². The van der Waals surface area contributed by atoms with Crippen molar-refractivity contribution in [2.24, 2.45) is 0 Å². The van der Waals surface area contributed by atoms with Crippen LogP contribution in [0.15, 0.2) is 54.6 Å². The Balaban J connectivity index is 2.30. The Morgan fingerprint density at radius 3 is 2.12 bits per heavy atom. The van der Waals surface area contributed by atoms with E-state index in [0.29, 0.717) is 12.8 Å². The minimum Gasteiger partial charge on any atom is -0.452 e. The number of non-ortho nitro benzene ring substituents is 1. The number of hydrogen-bond acceptors (Lipinski definition) is 5. The van der Waals surface area contributed by atoms with Crippen molar-refractivity contribution in [3.05, 3.63) is 75.8 Å². The van der Waals surface area contributed by atoms with Crippen LogP contribution >= 0.6 is 0 Å². The topological polar surface area (TPSA) is 78.7 Å². The van der Waals surface area contributed by atoms with Gasteiger partial charge in [0.05, 0.1) is 10.5 Å². The quantitative estimate of drug-likeness (QED) is 0.389. The number of rotatable bonds is 8. The minimum absolute atomic E-state index is 0.0714. The number of ether oxygens (including phenoxy) is 2. The van der Waals surface area contributed by atoms with E-state index in [-0.39, 0.29) is 11.3 Å². The molecule has 1 unspecified atom stereocenters. The molecular weight excluding hydrogens is 334 g/mol. The Hall–Kier alpha value is -2.73. The van der Waals surface area contributed by atoms with E-state index in [9.17, 15) is 14.9 Å². The van der Waals surface area contributed by atoms with E-state index in [1.54, 1.807) is 7.11 Å². The Kier molecular flexibility index (Phi) is 6.46. The summed E-state index contributed by atoms with van der Waals surface area (Å²) in [4.78, 5) is 22.9. The van der Waals surface area contributed by atoms with Crippen molar-refractivity contribution < 1.29 is 19.2 Å². The molecular formula is C20H23NO5. The van der Waals surface area contributed by atoms with Crippen LogP contribution in [-0.2, 0) is 9.47 Å². The molecule has 2 aromatic rings. The summed E-state index contributed by atoms with van der Waals surface area (Å²) in [5.41, 5.74) is 0.285. The van der Waals surface area contributed by atoms with Crippen LogP contribution in [0.3, 0.4) is 0 Å². The molecule has 0 amide bonds. The lowest BCUT2D eigenvalue weighted by atomic mass is 9.85. The first kappa shape index (κ1) is 19.6. The molecule has 0 saturated carbocycles. The van der Waals surface area contributed by atoms with Gasteiger partial charge in [-0.3, -0.25) is 10.1 Å². The van der Waals surface area contributed by atoms with Crippen molar-refractivity contribution >= 4 is 11.7 Å². The Labute approximate surface area is 152 Å². The zero-order chi connectivity index (χ0) is 19.2. The lowest BCUT2D eigenvalue weighted by Gasteiger charge is -2.38. The van der Waals surface area contributed by atoms with Crippen molar-refractivity contribution in [1.82, 2.24) is 0 Å². The van der Waals surface area contributed by atoms with Crippen LogP contribution < -0.4 is 0 Å². The fourth-order valence-electron chi connectivity index (χ4n) is 3.06. The number of esters is 1. The summed E-state index contributed by atoms with van der Waals surface area (Å²) in [5.74, 6) is -0.526. The zero-order valence-corrected chi connectivity index (χ0v) is 15.2. The monoisotopic (exact) mass is 357 g/mol. The van der Waals surface area contributed by atoms with Crippen molar-refractivity contribution in [2.45, 2.75) is 38.4 Å².